The van der Waals surface area contributed by atoms with E-state index in [-0.39, 0.29) is 0 Å². The van der Waals surface area contributed by atoms with Crippen LogP contribution in [0.1, 0.15) is 25.7 Å². The second-order valence-corrected chi connectivity index (χ2v) is 4.11. The minimum Gasteiger partial charge on any atom is -0.350 e. The monoisotopic (exact) mass is 210 g/mol. The summed E-state index contributed by atoms with van der Waals surface area (Å²) in [4.78, 5) is 0. The molecule has 0 amide bonds. The lowest BCUT2D eigenvalue weighted by molar-refractivity contribution is 0.370. The Morgan fingerprint density at radius 2 is 1.87 bits per heavy atom. The Labute approximate surface area is 89.4 Å². The van der Waals surface area contributed by atoms with Crippen LogP contribution in [0.15, 0.2) is 0 Å². The lowest BCUT2D eigenvalue weighted by Crippen LogP contribution is -2.35. The van der Waals surface area contributed by atoms with E-state index in [1.165, 1.54) is 25.7 Å². The van der Waals surface area contributed by atoms with Crippen molar-refractivity contribution in [3.63, 3.8) is 0 Å². The molecule has 2 rings (SSSR count). The molecule has 84 valence electrons. The van der Waals surface area contributed by atoms with Crippen LogP contribution in [0.5, 0.6) is 0 Å². The fourth-order valence-electron chi connectivity index (χ4n) is 2.06. The topological polar surface area (TPSA) is 67.7 Å². The highest BCUT2D eigenvalue weighted by atomic mass is 15.6. The van der Waals surface area contributed by atoms with Crippen LogP contribution >= 0.6 is 0 Å². The average Bonchev–Trinajstić information content (AvgIpc) is 2.66. The summed E-state index contributed by atoms with van der Waals surface area (Å²) in [7, 11) is 3.88. The molecule has 0 radical (unpaired) electrons. The predicted octanol–water partition coefficient (Wildman–Crippen LogP) is 0.153. The second-order valence-electron chi connectivity index (χ2n) is 4.11. The number of aromatic nitrogens is 4. The Balaban J connectivity index is 1.85. The van der Waals surface area contributed by atoms with E-state index in [2.05, 4.69) is 26.2 Å². The van der Waals surface area contributed by atoms with Gasteiger partial charge in [0, 0.05) is 19.1 Å². The molecule has 1 heterocycles. The Morgan fingerprint density at radius 3 is 2.40 bits per heavy atom. The minimum absolute atomic E-state index is 0.513. The summed E-state index contributed by atoms with van der Waals surface area (Å²) in [5.74, 6) is 0.767. The van der Waals surface area contributed by atoms with Crippen molar-refractivity contribution >= 4 is 5.95 Å². The van der Waals surface area contributed by atoms with E-state index in [9.17, 15) is 0 Å². The Bertz CT molecular complexity index is 301. The third-order valence-electron chi connectivity index (χ3n) is 3.09. The van der Waals surface area contributed by atoms with Crippen LogP contribution in [0.3, 0.4) is 0 Å². The molecule has 1 aromatic rings. The van der Waals surface area contributed by atoms with Gasteiger partial charge in [-0.25, -0.2) is 4.68 Å². The maximum Gasteiger partial charge on any atom is 0.242 e. The Hall–Kier alpha value is -1.17. The van der Waals surface area contributed by atoms with Crippen LogP contribution in [0.2, 0.25) is 0 Å². The fraction of sp³-hybridized carbons (Fsp3) is 0.889. The van der Waals surface area contributed by atoms with Crippen molar-refractivity contribution in [2.45, 2.75) is 37.8 Å². The molecule has 0 saturated heterocycles. The molecule has 0 bridgehead atoms. The smallest absolute Gasteiger partial charge is 0.242 e. The summed E-state index contributed by atoms with van der Waals surface area (Å²) >= 11 is 0. The van der Waals surface area contributed by atoms with Crippen molar-refractivity contribution in [2.24, 2.45) is 7.05 Å². The number of nitrogens with zero attached hydrogens (tertiary/aromatic N) is 4. The SMILES string of the molecule is CNC1CCC(Nc2nnnn2C)CC1. The highest BCUT2D eigenvalue weighted by Gasteiger charge is 2.20. The van der Waals surface area contributed by atoms with E-state index < -0.39 is 0 Å². The molecule has 0 unspecified atom stereocenters. The molecule has 1 aliphatic rings. The maximum absolute atomic E-state index is 3.92. The molecule has 1 fully saturated rings. The number of rotatable bonds is 3. The zero-order valence-corrected chi connectivity index (χ0v) is 9.27. The number of aryl methyl sites for hydroxylation is 1. The number of anilines is 1. The first-order valence-corrected chi connectivity index (χ1v) is 5.45. The molecule has 0 atom stereocenters. The quantitative estimate of drug-likeness (QED) is 0.743. The zero-order valence-electron chi connectivity index (χ0n) is 9.27. The highest BCUT2D eigenvalue weighted by molar-refractivity contribution is 5.23. The maximum atomic E-state index is 3.92. The predicted molar refractivity (Wildman–Crippen MR) is 57.5 cm³/mol. The number of tetrazole rings is 1. The molecule has 6 heteroatoms. The summed E-state index contributed by atoms with van der Waals surface area (Å²) in [6.07, 6.45) is 4.80. The van der Waals surface area contributed by atoms with Crippen molar-refractivity contribution in [2.75, 3.05) is 12.4 Å². The molecule has 2 N–H and O–H groups in total. The van der Waals surface area contributed by atoms with Gasteiger partial charge < -0.3 is 10.6 Å². The largest absolute Gasteiger partial charge is 0.350 e. The van der Waals surface area contributed by atoms with Crippen molar-refractivity contribution in [1.29, 1.82) is 0 Å². The summed E-state index contributed by atoms with van der Waals surface area (Å²) in [6.45, 7) is 0. The van der Waals surface area contributed by atoms with Crippen molar-refractivity contribution in [1.82, 2.24) is 25.5 Å². The fourth-order valence-corrected chi connectivity index (χ4v) is 2.06. The number of hydrogen-bond acceptors (Lipinski definition) is 5. The Morgan fingerprint density at radius 1 is 1.20 bits per heavy atom. The van der Waals surface area contributed by atoms with Crippen LogP contribution in [-0.2, 0) is 7.05 Å². The molecule has 15 heavy (non-hydrogen) atoms. The van der Waals surface area contributed by atoms with E-state index in [0.29, 0.717) is 12.1 Å². The van der Waals surface area contributed by atoms with Crippen LogP contribution in [-0.4, -0.2) is 39.3 Å². The van der Waals surface area contributed by atoms with Gasteiger partial charge in [0.2, 0.25) is 5.95 Å². The van der Waals surface area contributed by atoms with Crippen molar-refractivity contribution < 1.29 is 0 Å². The van der Waals surface area contributed by atoms with Gasteiger partial charge in [0.1, 0.15) is 0 Å². The third-order valence-corrected chi connectivity index (χ3v) is 3.09. The summed E-state index contributed by atoms with van der Waals surface area (Å²) in [5.41, 5.74) is 0. The zero-order chi connectivity index (χ0) is 10.7. The van der Waals surface area contributed by atoms with E-state index in [0.717, 1.165) is 5.95 Å². The second kappa shape index (κ2) is 4.57. The van der Waals surface area contributed by atoms with Gasteiger partial charge in [-0.1, -0.05) is 5.10 Å². The molecule has 1 aromatic heterocycles. The normalized spacial score (nSPS) is 26.5. The summed E-state index contributed by atoms with van der Waals surface area (Å²) in [5, 5.41) is 18.0. The van der Waals surface area contributed by atoms with Crippen LogP contribution in [0.4, 0.5) is 5.95 Å². The lowest BCUT2D eigenvalue weighted by atomic mass is 9.91. The summed E-state index contributed by atoms with van der Waals surface area (Å²) < 4.78 is 1.67. The van der Waals surface area contributed by atoms with Crippen molar-refractivity contribution in [3.05, 3.63) is 0 Å². The van der Waals surface area contributed by atoms with Crippen LogP contribution in [0, 0.1) is 0 Å². The van der Waals surface area contributed by atoms with Crippen LogP contribution in [0.25, 0.3) is 0 Å². The van der Waals surface area contributed by atoms with Gasteiger partial charge in [-0.15, -0.1) is 0 Å². The van der Waals surface area contributed by atoms with Gasteiger partial charge in [0.25, 0.3) is 0 Å². The van der Waals surface area contributed by atoms with Gasteiger partial charge in [-0.05, 0) is 43.2 Å². The highest BCUT2D eigenvalue weighted by Crippen LogP contribution is 2.20. The van der Waals surface area contributed by atoms with E-state index in [1.807, 2.05) is 14.1 Å². The number of nitrogens with one attached hydrogen (secondary N) is 2. The van der Waals surface area contributed by atoms with Gasteiger partial charge in [-0.2, -0.15) is 0 Å². The van der Waals surface area contributed by atoms with E-state index in [4.69, 9.17) is 0 Å². The standard InChI is InChI=1S/C9H18N6/c1-10-7-3-5-8(6-4-7)11-9-12-13-14-15(9)2/h7-8,10H,3-6H2,1-2H3,(H,11,12,14). The van der Waals surface area contributed by atoms with E-state index >= 15 is 0 Å². The van der Waals surface area contributed by atoms with Crippen molar-refractivity contribution in [3.8, 4) is 0 Å². The molecule has 0 aromatic carbocycles. The van der Waals surface area contributed by atoms with Crippen LogP contribution < -0.4 is 10.6 Å². The number of hydrogen-bond donors (Lipinski definition) is 2. The first-order valence-electron chi connectivity index (χ1n) is 5.45. The first-order chi connectivity index (χ1) is 7.29. The van der Waals surface area contributed by atoms with Gasteiger partial charge in [-0.3, -0.25) is 0 Å². The Kier molecular flexibility index (Phi) is 3.15. The molecule has 0 aliphatic heterocycles. The molecule has 1 aliphatic carbocycles. The molecule has 6 nitrogen and oxygen atoms in total. The van der Waals surface area contributed by atoms with Gasteiger partial charge >= 0.3 is 0 Å². The van der Waals surface area contributed by atoms with E-state index in [1.54, 1.807) is 4.68 Å². The average molecular weight is 210 g/mol. The molecule has 1 saturated carbocycles. The molecular formula is C9H18N6. The first kappa shape index (κ1) is 10.4. The lowest BCUT2D eigenvalue weighted by Gasteiger charge is -2.28. The molecule has 0 spiro atoms. The molecular weight excluding hydrogens is 192 g/mol. The van der Waals surface area contributed by atoms with Gasteiger partial charge in [0.15, 0.2) is 0 Å². The minimum atomic E-state index is 0.513. The summed E-state index contributed by atoms with van der Waals surface area (Å²) in [6, 6.07) is 1.19. The third kappa shape index (κ3) is 2.44. The van der Waals surface area contributed by atoms with Gasteiger partial charge in [0.05, 0.1) is 0 Å².